The highest BCUT2D eigenvalue weighted by Crippen LogP contribution is 2.46. The second-order valence-corrected chi connectivity index (χ2v) is 9.91. The van der Waals surface area contributed by atoms with Crippen LogP contribution < -0.4 is 19.7 Å². The van der Waals surface area contributed by atoms with Crippen molar-refractivity contribution in [3.8, 4) is 11.5 Å². The van der Waals surface area contributed by atoms with Gasteiger partial charge < -0.3 is 24.3 Å². The summed E-state index contributed by atoms with van der Waals surface area (Å²) >= 11 is 5.92. The molecule has 1 aliphatic carbocycles. The van der Waals surface area contributed by atoms with Crippen LogP contribution in [0, 0.1) is 13.8 Å². The first-order valence-electron chi connectivity index (χ1n) is 12.2. The summed E-state index contributed by atoms with van der Waals surface area (Å²) in [6.45, 7) is 4.77. The second-order valence-electron chi connectivity index (χ2n) is 9.52. The number of nitrogens with one attached hydrogen (secondary N) is 1. The quantitative estimate of drug-likeness (QED) is 0.475. The first-order valence-corrected chi connectivity index (χ1v) is 12.6. The van der Waals surface area contributed by atoms with Gasteiger partial charge in [0.05, 0.1) is 17.8 Å². The molecular weight excluding hydrogens is 444 g/mol. The van der Waals surface area contributed by atoms with Gasteiger partial charge in [-0.3, -0.25) is 4.98 Å². The predicted molar refractivity (Wildman–Crippen MR) is 137 cm³/mol. The van der Waals surface area contributed by atoms with Crippen LogP contribution in [-0.2, 0) is 0 Å². The number of anilines is 1. The van der Waals surface area contributed by atoms with Crippen molar-refractivity contribution in [1.82, 2.24) is 14.9 Å². The summed E-state index contributed by atoms with van der Waals surface area (Å²) in [6, 6.07) is 15.0. The third-order valence-corrected chi connectivity index (χ3v) is 7.83. The molecule has 1 saturated carbocycles. The number of rotatable bonds is 4. The summed E-state index contributed by atoms with van der Waals surface area (Å²) in [5.74, 6) is 1.53. The summed E-state index contributed by atoms with van der Waals surface area (Å²) in [5.41, 5.74) is 5.92. The van der Waals surface area contributed by atoms with E-state index in [1.807, 2.05) is 30.5 Å². The number of benzene rings is 1. The van der Waals surface area contributed by atoms with Crippen LogP contribution in [0.4, 0.5) is 5.69 Å². The van der Waals surface area contributed by atoms with Crippen LogP contribution in [0.1, 0.15) is 72.9 Å². The van der Waals surface area contributed by atoms with E-state index in [1.54, 1.807) is 0 Å². The predicted octanol–water partition coefficient (Wildman–Crippen LogP) is 5.91. The Bertz CT molecular complexity index is 1220. The Labute approximate surface area is 205 Å². The van der Waals surface area contributed by atoms with Gasteiger partial charge in [0.25, 0.3) is 0 Å². The van der Waals surface area contributed by atoms with Gasteiger partial charge in [0, 0.05) is 35.4 Å². The summed E-state index contributed by atoms with van der Waals surface area (Å²) < 4.78 is 13.8. The minimum atomic E-state index is -0.0561. The largest absolute Gasteiger partial charge is 0.454 e. The minimum Gasteiger partial charge on any atom is -0.454 e. The molecule has 0 amide bonds. The van der Waals surface area contributed by atoms with Crippen molar-refractivity contribution < 1.29 is 9.47 Å². The molecule has 176 valence electrons. The van der Waals surface area contributed by atoms with Crippen LogP contribution in [-0.4, -0.2) is 21.5 Å². The third-order valence-electron chi connectivity index (χ3n) is 7.51. The molecule has 1 aromatic carbocycles. The lowest BCUT2D eigenvalue weighted by Crippen LogP contribution is -2.29. The van der Waals surface area contributed by atoms with E-state index in [2.05, 4.69) is 46.8 Å². The molecule has 6 rings (SSSR count). The third kappa shape index (κ3) is 3.54. The molecule has 2 atom stereocenters. The van der Waals surface area contributed by atoms with E-state index in [4.69, 9.17) is 26.7 Å². The van der Waals surface area contributed by atoms with Gasteiger partial charge in [0.15, 0.2) is 16.6 Å². The molecule has 3 aliphatic rings. The van der Waals surface area contributed by atoms with Gasteiger partial charge >= 0.3 is 0 Å². The van der Waals surface area contributed by atoms with Crippen LogP contribution in [0.25, 0.3) is 0 Å². The van der Waals surface area contributed by atoms with Gasteiger partial charge in [-0.15, -0.1) is 0 Å². The molecule has 2 aliphatic heterocycles. The fourth-order valence-corrected chi connectivity index (χ4v) is 6.33. The first-order chi connectivity index (χ1) is 16.6. The van der Waals surface area contributed by atoms with Crippen LogP contribution >= 0.6 is 12.2 Å². The summed E-state index contributed by atoms with van der Waals surface area (Å²) in [7, 11) is 0. The molecule has 0 radical (unpaired) electrons. The van der Waals surface area contributed by atoms with Crippen LogP contribution in [0.3, 0.4) is 0 Å². The lowest BCUT2D eigenvalue weighted by molar-refractivity contribution is 0.174. The van der Waals surface area contributed by atoms with Gasteiger partial charge in [0.2, 0.25) is 6.79 Å². The number of pyridine rings is 1. The highest BCUT2D eigenvalue weighted by Gasteiger charge is 2.43. The van der Waals surface area contributed by atoms with E-state index in [0.717, 1.165) is 22.9 Å². The van der Waals surface area contributed by atoms with Gasteiger partial charge in [-0.05, 0) is 74.8 Å². The zero-order valence-corrected chi connectivity index (χ0v) is 20.5. The van der Waals surface area contributed by atoms with E-state index in [1.165, 1.54) is 49.1 Å². The molecule has 1 N–H and O–H groups in total. The fourth-order valence-electron chi connectivity index (χ4n) is 5.99. The molecule has 0 bridgehead atoms. The average molecular weight is 475 g/mol. The monoisotopic (exact) mass is 474 g/mol. The number of hydrogen-bond acceptors (Lipinski definition) is 4. The van der Waals surface area contributed by atoms with Crippen molar-refractivity contribution in [1.29, 1.82) is 0 Å². The lowest BCUT2D eigenvalue weighted by Gasteiger charge is -2.30. The highest BCUT2D eigenvalue weighted by molar-refractivity contribution is 7.80. The Morgan fingerprint density at radius 1 is 1.00 bits per heavy atom. The molecule has 0 spiro atoms. The van der Waals surface area contributed by atoms with Crippen LogP contribution in [0.15, 0.2) is 48.7 Å². The van der Waals surface area contributed by atoms with Crippen molar-refractivity contribution in [2.75, 3.05) is 11.7 Å². The van der Waals surface area contributed by atoms with E-state index in [0.29, 0.717) is 11.2 Å². The molecule has 34 heavy (non-hydrogen) atoms. The summed E-state index contributed by atoms with van der Waals surface area (Å²) in [5, 5.41) is 4.28. The summed E-state index contributed by atoms with van der Waals surface area (Å²) in [6.07, 6.45) is 8.34. The smallest absolute Gasteiger partial charge is 0.231 e. The van der Waals surface area contributed by atoms with Crippen molar-refractivity contribution >= 4 is 23.0 Å². The molecule has 2 fully saturated rings. The van der Waals surface area contributed by atoms with Crippen molar-refractivity contribution in [3.05, 3.63) is 71.3 Å². The first kappa shape index (κ1) is 21.5. The Hall–Kier alpha value is -3.06. The molecule has 1 saturated heterocycles. The van der Waals surface area contributed by atoms with E-state index in [-0.39, 0.29) is 18.9 Å². The van der Waals surface area contributed by atoms with Crippen molar-refractivity contribution in [2.24, 2.45) is 0 Å². The Morgan fingerprint density at radius 2 is 1.82 bits per heavy atom. The van der Waals surface area contributed by atoms with Crippen molar-refractivity contribution in [3.63, 3.8) is 0 Å². The Morgan fingerprint density at radius 3 is 2.62 bits per heavy atom. The number of aryl methyl sites for hydroxylation is 1. The van der Waals surface area contributed by atoms with Gasteiger partial charge in [-0.2, -0.15) is 0 Å². The molecule has 3 aromatic rings. The fraction of sp³-hybridized carbons (Fsp3) is 0.407. The highest BCUT2D eigenvalue weighted by atomic mass is 32.1. The number of hydrogen-bond donors (Lipinski definition) is 1. The van der Waals surface area contributed by atoms with E-state index >= 15 is 0 Å². The Kier molecular flexibility index (Phi) is 5.44. The topological polar surface area (TPSA) is 51.6 Å². The maximum Gasteiger partial charge on any atom is 0.231 e. The number of thiocarbonyl (C=S) groups is 1. The standard InChI is InChI=1S/C27H30N4O2S/c1-17-14-21(18(2)30(17)19-8-4-3-5-9-19)26-25(22-10-6-7-13-28-22)29-27(34)31(26)20-11-12-23-24(15-20)33-16-32-23/h6-7,10-15,19,25-26H,3-5,8-9,16H2,1-2H3,(H,29,34)/t25-,26-/m1/s1. The van der Waals surface area contributed by atoms with Crippen molar-refractivity contribution in [2.45, 2.75) is 64.1 Å². The average Bonchev–Trinajstić information content (AvgIpc) is 3.54. The zero-order chi connectivity index (χ0) is 23.2. The molecule has 7 heteroatoms. The van der Waals surface area contributed by atoms with E-state index < -0.39 is 0 Å². The summed E-state index contributed by atoms with van der Waals surface area (Å²) in [4.78, 5) is 6.93. The zero-order valence-electron chi connectivity index (χ0n) is 19.7. The minimum absolute atomic E-state index is 0.0219. The number of fused-ring (bicyclic) bond motifs is 1. The van der Waals surface area contributed by atoms with Crippen LogP contribution in [0.2, 0.25) is 0 Å². The normalized spacial score (nSPS) is 22.3. The van der Waals surface area contributed by atoms with E-state index in [9.17, 15) is 0 Å². The molecular formula is C27H30N4O2S. The number of aromatic nitrogens is 2. The van der Waals surface area contributed by atoms with Gasteiger partial charge in [0.1, 0.15) is 0 Å². The molecule has 6 nitrogen and oxygen atoms in total. The Balaban J connectivity index is 1.47. The maximum atomic E-state index is 5.92. The molecule has 0 unspecified atom stereocenters. The van der Waals surface area contributed by atoms with Crippen LogP contribution in [0.5, 0.6) is 11.5 Å². The molecule has 4 heterocycles. The molecule has 2 aromatic heterocycles. The van der Waals surface area contributed by atoms with Gasteiger partial charge in [-0.25, -0.2) is 0 Å². The number of nitrogens with zero attached hydrogens (tertiary/aromatic N) is 3. The maximum absolute atomic E-state index is 5.92. The lowest BCUT2D eigenvalue weighted by atomic mass is 9.94. The van der Waals surface area contributed by atoms with Gasteiger partial charge in [-0.1, -0.05) is 25.3 Å². The second kappa shape index (κ2) is 8.62. The number of ether oxygens (including phenoxy) is 2. The SMILES string of the molecule is Cc1cc([C@@H]2[C@@H](c3ccccn3)NC(=S)N2c2ccc3c(c2)OCO3)c(C)n1C1CCCCC1.